The van der Waals surface area contributed by atoms with Gasteiger partial charge >= 0.3 is 5.97 Å². The summed E-state index contributed by atoms with van der Waals surface area (Å²) in [4.78, 5) is 22.2. The molecule has 0 N–H and O–H groups in total. The van der Waals surface area contributed by atoms with Crippen molar-refractivity contribution in [1.82, 2.24) is 0 Å². The van der Waals surface area contributed by atoms with E-state index >= 15 is 0 Å². The van der Waals surface area contributed by atoms with E-state index in [1.54, 1.807) is 0 Å². The van der Waals surface area contributed by atoms with Gasteiger partial charge < -0.3 is 4.74 Å². The maximum absolute atomic E-state index is 12.7. The van der Waals surface area contributed by atoms with Gasteiger partial charge in [-0.25, -0.2) is 8.78 Å². The average Bonchev–Trinajstić information content (AvgIpc) is 2.13. The smallest absolute Gasteiger partial charge is 0.327 e. The highest BCUT2D eigenvalue weighted by Gasteiger charge is 2.53. The molecule has 0 aliphatic carbocycles. The van der Waals surface area contributed by atoms with Crippen LogP contribution in [0.5, 0.6) is 0 Å². The van der Waals surface area contributed by atoms with Crippen molar-refractivity contribution in [3.63, 3.8) is 0 Å². The Bertz CT molecular complexity index is 268. The Balaban J connectivity index is 5.20. The summed E-state index contributed by atoms with van der Waals surface area (Å²) in [5.74, 6) is -1.32. The Morgan fingerprint density at radius 3 is 2.40 bits per heavy atom. The minimum Gasteiger partial charge on any atom is -0.465 e. The van der Waals surface area contributed by atoms with E-state index in [9.17, 15) is 18.4 Å². The molecule has 1 unspecified atom stereocenters. The SMILES string of the molecule is C=CCC(C(=O)Cl)(C(=O)OCC)C(F)F. The van der Waals surface area contributed by atoms with Crippen molar-refractivity contribution in [2.75, 3.05) is 6.61 Å². The molecule has 3 nitrogen and oxygen atoms in total. The number of halogens is 3. The second kappa shape index (κ2) is 5.80. The molecule has 0 aliphatic heterocycles. The minimum absolute atomic E-state index is 0.103. The highest BCUT2D eigenvalue weighted by molar-refractivity contribution is 6.66. The summed E-state index contributed by atoms with van der Waals surface area (Å²) in [5.41, 5.74) is -2.63. The normalized spacial score (nSPS) is 14.5. The van der Waals surface area contributed by atoms with Crippen molar-refractivity contribution >= 4 is 22.8 Å². The predicted molar refractivity (Wildman–Crippen MR) is 50.7 cm³/mol. The van der Waals surface area contributed by atoms with E-state index in [4.69, 9.17) is 11.6 Å². The van der Waals surface area contributed by atoms with Gasteiger partial charge in [0.25, 0.3) is 6.43 Å². The molecule has 0 aromatic heterocycles. The van der Waals surface area contributed by atoms with E-state index in [1.807, 2.05) is 0 Å². The van der Waals surface area contributed by atoms with Crippen LogP contribution in [0.4, 0.5) is 8.78 Å². The number of ether oxygens (including phenoxy) is 1. The van der Waals surface area contributed by atoms with Crippen LogP contribution in [-0.2, 0) is 14.3 Å². The van der Waals surface area contributed by atoms with Gasteiger partial charge in [0.15, 0.2) is 0 Å². The fourth-order valence-corrected chi connectivity index (χ4v) is 1.23. The summed E-state index contributed by atoms with van der Waals surface area (Å²) in [7, 11) is 0. The van der Waals surface area contributed by atoms with Gasteiger partial charge in [-0.1, -0.05) is 6.08 Å². The third kappa shape index (κ3) is 2.75. The maximum atomic E-state index is 12.7. The largest absolute Gasteiger partial charge is 0.465 e. The lowest BCUT2D eigenvalue weighted by Gasteiger charge is -2.25. The first-order valence-electron chi connectivity index (χ1n) is 4.19. The molecule has 15 heavy (non-hydrogen) atoms. The van der Waals surface area contributed by atoms with Crippen LogP contribution in [0.1, 0.15) is 13.3 Å². The Kier molecular flexibility index (Phi) is 5.43. The fraction of sp³-hybridized carbons (Fsp3) is 0.556. The molecule has 0 bridgehead atoms. The van der Waals surface area contributed by atoms with Crippen molar-refractivity contribution in [3.8, 4) is 0 Å². The van der Waals surface area contributed by atoms with E-state index in [0.717, 1.165) is 6.08 Å². The van der Waals surface area contributed by atoms with Crippen LogP contribution in [0.25, 0.3) is 0 Å². The van der Waals surface area contributed by atoms with Crippen molar-refractivity contribution < 1.29 is 23.1 Å². The number of alkyl halides is 2. The third-order valence-electron chi connectivity index (χ3n) is 1.83. The van der Waals surface area contributed by atoms with Crippen molar-refractivity contribution in [1.29, 1.82) is 0 Å². The monoisotopic (exact) mass is 240 g/mol. The second-order valence-electron chi connectivity index (χ2n) is 2.76. The van der Waals surface area contributed by atoms with Crippen LogP contribution in [0.3, 0.4) is 0 Å². The summed E-state index contributed by atoms with van der Waals surface area (Å²) in [6.07, 6.45) is -2.74. The van der Waals surface area contributed by atoms with Crippen LogP contribution in [-0.4, -0.2) is 24.2 Å². The first-order valence-corrected chi connectivity index (χ1v) is 4.57. The van der Waals surface area contributed by atoms with Crippen LogP contribution in [0, 0.1) is 5.41 Å². The molecule has 86 valence electrons. The molecule has 0 aromatic rings. The average molecular weight is 241 g/mol. The maximum Gasteiger partial charge on any atom is 0.327 e. The third-order valence-corrected chi connectivity index (χ3v) is 2.17. The molecule has 0 saturated heterocycles. The van der Waals surface area contributed by atoms with E-state index in [-0.39, 0.29) is 6.61 Å². The van der Waals surface area contributed by atoms with Gasteiger partial charge in [0.1, 0.15) is 0 Å². The van der Waals surface area contributed by atoms with Gasteiger partial charge in [-0.2, -0.15) is 0 Å². The molecule has 0 heterocycles. The van der Waals surface area contributed by atoms with E-state index in [1.165, 1.54) is 6.92 Å². The number of carbonyl (C=O) groups is 2. The van der Waals surface area contributed by atoms with Crippen molar-refractivity contribution in [2.24, 2.45) is 5.41 Å². The zero-order valence-electron chi connectivity index (χ0n) is 8.13. The highest BCUT2D eigenvalue weighted by atomic mass is 35.5. The number of hydrogen-bond acceptors (Lipinski definition) is 3. The molecule has 6 heteroatoms. The van der Waals surface area contributed by atoms with Gasteiger partial charge in [0.2, 0.25) is 10.7 Å². The van der Waals surface area contributed by atoms with Gasteiger partial charge in [0.05, 0.1) is 6.61 Å². The fourth-order valence-electron chi connectivity index (χ4n) is 0.995. The Morgan fingerprint density at radius 1 is 1.60 bits per heavy atom. The molecular formula is C9H11ClF2O3. The van der Waals surface area contributed by atoms with Gasteiger partial charge in [-0.3, -0.25) is 9.59 Å². The zero-order chi connectivity index (χ0) is 12.1. The molecule has 1 atom stereocenters. The van der Waals surface area contributed by atoms with Gasteiger partial charge in [-0.15, -0.1) is 6.58 Å². The quantitative estimate of drug-likeness (QED) is 0.309. The lowest BCUT2D eigenvalue weighted by molar-refractivity contribution is -0.167. The first kappa shape index (κ1) is 14.0. The summed E-state index contributed by atoms with van der Waals surface area (Å²) in [6, 6.07) is 0. The topological polar surface area (TPSA) is 43.4 Å². The molecule has 0 aromatic carbocycles. The minimum atomic E-state index is -3.22. The Morgan fingerprint density at radius 2 is 2.13 bits per heavy atom. The van der Waals surface area contributed by atoms with Crippen LogP contribution in [0.2, 0.25) is 0 Å². The first-order chi connectivity index (χ1) is 6.93. The van der Waals surface area contributed by atoms with Gasteiger partial charge in [0, 0.05) is 0 Å². The van der Waals surface area contributed by atoms with E-state index in [0.29, 0.717) is 0 Å². The molecular weight excluding hydrogens is 230 g/mol. The molecule has 0 spiro atoms. The number of allylic oxidation sites excluding steroid dienone is 1. The summed E-state index contributed by atoms with van der Waals surface area (Å²) in [5, 5.41) is -1.43. The van der Waals surface area contributed by atoms with Crippen LogP contribution < -0.4 is 0 Å². The Hall–Kier alpha value is -0.970. The second-order valence-corrected chi connectivity index (χ2v) is 3.10. The van der Waals surface area contributed by atoms with Crippen LogP contribution in [0.15, 0.2) is 12.7 Å². The number of hydrogen-bond donors (Lipinski definition) is 0. The number of esters is 1. The van der Waals surface area contributed by atoms with Gasteiger partial charge in [-0.05, 0) is 24.9 Å². The van der Waals surface area contributed by atoms with Crippen molar-refractivity contribution in [3.05, 3.63) is 12.7 Å². The van der Waals surface area contributed by atoms with E-state index in [2.05, 4.69) is 11.3 Å². The highest BCUT2D eigenvalue weighted by Crippen LogP contribution is 2.35. The predicted octanol–water partition coefficient (Wildman–Crippen LogP) is 2.14. The van der Waals surface area contributed by atoms with Crippen LogP contribution >= 0.6 is 11.6 Å². The lowest BCUT2D eigenvalue weighted by Crippen LogP contribution is -2.44. The summed E-state index contributed by atoms with van der Waals surface area (Å²) >= 11 is 5.04. The lowest BCUT2D eigenvalue weighted by atomic mass is 9.86. The molecule has 0 saturated carbocycles. The zero-order valence-corrected chi connectivity index (χ0v) is 8.89. The summed E-state index contributed by atoms with van der Waals surface area (Å²) in [6.45, 7) is 4.54. The van der Waals surface area contributed by atoms with E-state index < -0.39 is 29.5 Å². The molecule has 0 radical (unpaired) electrons. The van der Waals surface area contributed by atoms with Crippen molar-refractivity contribution in [2.45, 2.75) is 19.8 Å². The molecule has 0 rings (SSSR count). The number of rotatable bonds is 6. The molecule has 0 aliphatic rings. The summed E-state index contributed by atoms with van der Waals surface area (Å²) < 4.78 is 29.8. The standard InChI is InChI=1S/C9H11ClF2O3/c1-3-5-9(6(10)13,7(11)12)8(14)15-4-2/h3,7H,1,4-5H2,2H3. The molecule has 0 fully saturated rings. The number of carbonyl (C=O) groups excluding carboxylic acids is 2. The molecule has 0 amide bonds. The Labute approximate surface area is 91.0 Å².